The third-order valence-electron chi connectivity index (χ3n) is 0. The number of halogens is 2. The van der Waals surface area contributed by atoms with Crippen LogP contribution < -0.4 is 0 Å². The van der Waals surface area contributed by atoms with E-state index in [0.29, 0.717) is 0 Å². The van der Waals surface area contributed by atoms with Crippen LogP contribution in [-0.4, -0.2) is 23.9 Å². The molecule has 0 aliphatic rings. The van der Waals surface area contributed by atoms with E-state index in [1.54, 1.807) is 0 Å². The largest absolute Gasteiger partial charge is 0.147 e. The van der Waals surface area contributed by atoms with Gasteiger partial charge in [-0.3, -0.25) is 0 Å². The minimum atomic E-state index is 0. The van der Waals surface area contributed by atoms with E-state index >= 15 is 0 Å². The van der Waals surface area contributed by atoms with Gasteiger partial charge in [0.25, 0.3) is 0 Å². The molecule has 0 saturated carbocycles. The Morgan fingerprint density at radius 3 is 0.750 bits per heavy atom. The molecule has 0 aliphatic carbocycles. The van der Waals surface area contributed by atoms with Gasteiger partial charge in [0.1, 0.15) is 0 Å². The molecule has 0 rings (SSSR count). The Bertz CT molecular complexity index is 6.00. The second kappa shape index (κ2) is 19.8. The van der Waals surface area contributed by atoms with E-state index in [4.69, 9.17) is 0 Å². The van der Waals surface area contributed by atoms with Gasteiger partial charge in [0.2, 0.25) is 0 Å². The first-order chi connectivity index (χ1) is 0. The van der Waals surface area contributed by atoms with Crippen molar-refractivity contribution in [3.05, 3.63) is 0 Å². The first kappa shape index (κ1) is 36.9. The van der Waals surface area contributed by atoms with Crippen LogP contribution in [0.2, 0.25) is 0 Å². The van der Waals surface area contributed by atoms with Gasteiger partial charge in [-0.25, -0.2) is 0 Å². The van der Waals surface area contributed by atoms with Crippen LogP contribution in [0.15, 0.2) is 0 Å². The molecule has 0 fully saturated rings. The van der Waals surface area contributed by atoms with Gasteiger partial charge in [-0.2, -0.15) is 0 Å². The van der Waals surface area contributed by atoms with Crippen molar-refractivity contribution >= 4 is 48.7 Å². The van der Waals surface area contributed by atoms with Crippen molar-refractivity contribution < 1.29 is 20.4 Å². The van der Waals surface area contributed by atoms with E-state index < -0.39 is 0 Å². The van der Waals surface area contributed by atoms with E-state index in [9.17, 15) is 0 Å². The Morgan fingerprint density at radius 1 is 0.750 bits per heavy atom. The SMILES string of the molecule is Cl.Cl.[Pd].[Sn]. The van der Waals surface area contributed by atoms with Crippen LogP contribution in [0.5, 0.6) is 0 Å². The van der Waals surface area contributed by atoms with Gasteiger partial charge in [0.15, 0.2) is 0 Å². The predicted molar refractivity (Wildman–Crippen MR) is 20.2 cm³/mol. The molecule has 0 aromatic carbocycles. The average Bonchev–Trinajstić information content (AvgIpc) is 0. The Labute approximate surface area is 68.5 Å². The van der Waals surface area contributed by atoms with Gasteiger partial charge < -0.3 is 0 Å². The summed E-state index contributed by atoms with van der Waals surface area (Å²) < 4.78 is 0. The molecule has 4 heavy (non-hydrogen) atoms. The maximum Gasteiger partial charge on any atom is 0 e. The summed E-state index contributed by atoms with van der Waals surface area (Å²) in [4.78, 5) is 0. The third-order valence-corrected chi connectivity index (χ3v) is 0. The molecule has 4 radical (unpaired) electrons. The molecule has 0 unspecified atom stereocenters. The van der Waals surface area contributed by atoms with E-state index in [1.165, 1.54) is 0 Å². The molecule has 0 aromatic rings. The molecule has 0 atom stereocenters. The maximum atomic E-state index is 0. The Kier molecular flexibility index (Phi) is 182. The van der Waals surface area contributed by atoms with Gasteiger partial charge in [-0.1, -0.05) is 0 Å². The van der Waals surface area contributed by atoms with Crippen molar-refractivity contribution in [3.8, 4) is 0 Å². The average molecular weight is 298 g/mol. The smallest absolute Gasteiger partial charge is 0 e. The van der Waals surface area contributed by atoms with Crippen LogP contribution in [0.4, 0.5) is 0 Å². The second-order valence-electron chi connectivity index (χ2n) is 0. The van der Waals surface area contributed by atoms with Crippen molar-refractivity contribution in [2.45, 2.75) is 0 Å². The minimum absolute atomic E-state index is 0. The molecule has 0 spiro atoms. The summed E-state index contributed by atoms with van der Waals surface area (Å²) in [6.45, 7) is 0. The zero-order valence-electron chi connectivity index (χ0n) is 1.63. The van der Waals surface area contributed by atoms with Crippen molar-refractivity contribution in [2.24, 2.45) is 0 Å². The molecule has 0 nitrogen and oxygen atoms in total. The molecule has 0 saturated heterocycles. The molecule has 0 N–H and O–H groups in total. The predicted octanol–water partition coefficient (Wildman–Crippen LogP) is 0.460. The Morgan fingerprint density at radius 2 is 0.750 bits per heavy atom. The summed E-state index contributed by atoms with van der Waals surface area (Å²) in [7, 11) is 0. The van der Waals surface area contributed by atoms with E-state index in [2.05, 4.69) is 0 Å². The second-order valence-corrected chi connectivity index (χ2v) is 0. The first-order valence-electron chi connectivity index (χ1n) is 0. The van der Waals surface area contributed by atoms with E-state index in [0.717, 1.165) is 0 Å². The minimum Gasteiger partial charge on any atom is -0.147 e. The first-order valence-corrected chi connectivity index (χ1v) is 0. The van der Waals surface area contributed by atoms with E-state index in [1.807, 2.05) is 0 Å². The Balaban J connectivity index is 0. The molecule has 0 amide bonds. The standard InChI is InChI=1S/2ClH.Pd.Sn/h2*1H;;. The fraction of sp³-hybridized carbons (Fsp3) is 0. The van der Waals surface area contributed by atoms with Gasteiger partial charge >= 0.3 is 0 Å². The fourth-order valence-corrected chi connectivity index (χ4v) is 0. The number of hydrogen-bond acceptors (Lipinski definition) is 0. The van der Waals surface area contributed by atoms with Crippen LogP contribution in [0.3, 0.4) is 0 Å². The molecule has 4 heteroatoms. The number of rotatable bonds is 0. The molecule has 0 aromatic heterocycles. The Hall–Kier alpha value is 2.04. The molecule has 0 bridgehead atoms. The summed E-state index contributed by atoms with van der Waals surface area (Å²) in [6.07, 6.45) is 0. The molecule has 0 heterocycles. The van der Waals surface area contributed by atoms with Crippen molar-refractivity contribution in [3.63, 3.8) is 0 Å². The molecule has 0 aliphatic heterocycles. The van der Waals surface area contributed by atoms with Gasteiger partial charge in [-0.15, -0.1) is 24.8 Å². The van der Waals surface area contributed by atoms with Crippen molar-refractivity contribution in [1.29, 1.82) is 0 Å². The molecule has 30 valence electrons. The van der Waals surface area contributed by atoms with Crippen LogP contribution in [-0.2, 0) is 20.4 Å². The van der Waals surface area contributed by atoms with Crippen molar-refractivity contribution in [1.82, 2.24) is 0 Å². The summed E-state index contributed by atoms with van der Waals surface area (Å²) >= 11 is 0. The summed E-state index contributed by atoms with van der Waals surface area (Å²) in [5.41, 5.74) is 0. The monoisotopic (exact) mass is 298 g/mol. The summed E-state index contributed by atoms with van der Waals surface area (Å²) in [5, 5.41) is 0. The third kappa shape index (κ3) is 8.97. The zero-order chi connectivity index (χ0) is 0. The molecular formula is H2Cl2PdSn. The quantitative estimate of drug-likeness (QED) is 0.570. The topological polar surface area (TPSA) is 0 Å². The fourth-order valence-electron chi connectivity index (χ4n) is 0. The van der Waals surface area contributed by atoms with Gasteiger partial charge in [0.05, 0.1) is 0 Å². The number of hydrogen-bond donors (Lipinski definition) is 0. The normalized spacial score (nSPS) is 0. The van der Waals surface area contributed by atoms with Crippen molar-refractivity contribution in [2.75, 3.05) is 0 Å². The van der Waals surface area contributed by atoms with E-state index in [-0.39, 0.29) is 69.1 Å². The maximum absolute atomic E-state index is 0. The zero-order valence-corrected chi connectivity index (χ0v) is 7.67. The van der Waals surface area contributed by atoms with Gasteiger partial charge in [0, 0.05) is 44.3 Å². The summed E-state index contributed by atoms with van der Waals surface area (Å²) in [5.74, 6) is 0. The van der Waals surface area contributed by atoms with Crippen LogP contribution >= 0.6 is 24.8 Å². The van der Waals surface area contributed by atoms with Gasteiger partial charge in [-0.05, 0) is 0 Å². The van der Waals surface area contributed by atoms with Crippen LogP contribution in [0, 0.1) is 0 Å². The van der Waals surface area contributed by atoms with Crippen LogP contribution in [0.1, 0.15) is 0 Å². The van der Waals surface area contributed by atoms with Crippen LogP contribution in [0.25, 0.3) is 0 Å². The summed E-state index contributed by atoms with van der Waals surface area (Å²) in [6, 6.07) is 0. The molecular weight excluding hydrogens is 296 g/mol.